The molecule has 28 heavy (non-hydrogen) atoms. The number of likely N-dealkylation sites (tertiary alicyclic amines) is 1. The first-order chi connectivity index (χ1) is 13.6. The van der Waals surface area contributed by atoms with Gasteiger partial charge in [-0.05, 0) is 32.1 Å². The highest BCUT2D eigenvalue weighted by atomic mass is 32.1. The summed E-state index contributed by atoms with van der Waals surface area (Å²) < 4.78 is 4.83. The number of nitrogens with one attached hydrogen (secondary N) is 2. The van der Waals surface area contributed by atoms with Crippen molar-refractivity contribution in [3.05, 3.63) is 0 Å². The Morgan fingerprint density at radius 1 is 1.25 bits per heavy atom. The van der Waals surface area contributed by atoms with E-state index in [-0.39, 0.29) is 30.1 Å². The number of hydroxylamine groups is 3. The third-order valence-electron chi connectivity index (χ3n) is 6.38. The summed E-state index contributed by atoms with van der Waals surface area (Å²) in [7, 11) is 0. The molecule has 158 valence electrons. The number of fused-ring (bicyclic) bond motifs is 2. The Hall–Kier alpha value is -1.11. The number of urea groups is 1. The fourth-order valence-electron chi connectivity index (χ4n) is 4.75. The van der Waals surface area contributed by atoms with Crippen LogP contribution in [0.5, 0.6) is 0 Å². The summed E-state index contributed by atoms with van der Waals surface area (Å²) in [6.07, 6.45) is 3.72. The van der Waals surface area contributed by atoms with Gasteiger partial charge < -0.3 is 15.3 Å². The van der Waals surface area contributed by atoms with Crippen LogP contribution in [0.15, 0.2) is 0 Å². The number of carbonyl (C=O) groups is 2. The van der Waals surface area contributed by atoms with Crippen molar-refractivity contribution >= 4 is 24.8 Å². The molecule has 11 heteroatoms. The third-order valence-corrected chi connectivity index (χ3v) is 6.56. The maximum absolute atomic E-state index is 12.5. The predicted molar refractivity (Wildman–Crippen MR) is 102 cm³/mol. The number of amides is 3. The number of aliphatic hydroxyl groups is 1. The molecule has 3 N–H and O–H groups in total. The molecule has 0 aromatic heterocycles. The van der Waals surface area contributed by atoms with Crippen LogP contribution in [0, 0.1) is 0 Å². The first-order valence-electron chi connectivity index (χ1n) is 10.1. The Morgan fingerprint density at radius 2 is 2.04 bits per heavy atom. The smallest absolute Gasteiger partial charge is 0.345 e. The third kappa shape index (κ3) is 4.10. The van der Waals surface area contributed by atoms with Crippen molar-refractivity contribution in [3.8, 4) is 0 Å². The average Bonchev–Trinajstić information content (AvgIpc) is 3.26. The molecule has 4 aliphatic heterocycles. The molecule has 4 saturated heterocycles. The molecular weight excluding hydrogens is 386 g/mol. The van der Waals surface area contributed by atoms with E-state index in [1.54, 1.807) is 0 Å². The Balaban J connectivity index is 1.19. The van der Waals surface area contributed by atoms with E-state index in [0.717, 1.165) is 38.9 Å². The Morgan fingerprint density at radius 3 is 2.79 bits per heavy atom. The van der Waals surface area contributed by atoms with Crippen molar-refractivity contribution in [1.82, 2.24) is 25.7 Å². The number of aliphatic hydroxyl groups excluding tert-OH is 1. The Labute approximate surface area is 170 Å². The average molecular weight is 416 g/mol. The van der Waals surface area contributed by atoms with Gasteiger partial charge in [0.05, 0.1) is 18.8 Å². The maximum atomic E-state index is 12.5. The van der Waals surface area contributed by atoms with Gasteiger partial charge in [0, 0.05) is 51.2 Å². The van der Waals surface area contributed by atoms with E-state index in [4.69, 9.17) is 9.12 Å². The van der Waals surface area contributed by atoms with Crippen LogP contribution in [0.1, 0.15) is 32.1 Å². The molecule has 0 aliphatic carbocycles. The zero-order valence-corrected chi connectivity index (χ0v) is 16.7. The monoisotopic (exact) mass is 415 g/mol. The first-order valence-corrected chi connectivity index (χ1v) is 10.4. The van der Waals surface area contributed by atoms with E-state index in [0.29, 0.717) is 32.0 Å². The molecule has 0 aromatic carbocycles. The molecule has 10 nitrogen and oxygen atoms in total. The van der Waals surface area contributed by atoms with Crippen LogP contribution in [-0.4, -0.2) is 95.0 Å². The van der Waals surface area contributed by atoms with Crippen LogP contribution in [0.4, 0.5) is 4.79 Å². The van der Waals surface area contributed by atoms with Crippen molar-refractivity contribution in [2.24, 2.45) is 0 Å². The van der Waals surface area contributed by atoms with Crippen molar-refractivity contribution in [2.75, 3.05) is 32.8 Å². The van der Waals surface area contributed by atoms with Crippen LogP contribution in [0.2, 0.25) is 0 Å². The lowest BCUT2D eigenvalue weighted by Crippen LogP contribution is -2.50. The van der Waals surface area contributed by atoms with Crippen LogP contribution < -0.4 is 10.8 Å². The molecule has 4 rings (SSSR count). The topological polar surface area (TPSA) is 107 Å². The van der Waals surface area contributed by atoms with E-state index in [1.807, 2.05) is 0 Å². The zero-order valence-electron chi connectivity index (χ0n) is 15.8. The second-order valence-electron chi connectivity index (χ2n) is 8.13. The molecule has 0 radical (unpaired) electrons. The summed E-state index contributed by atoms with van der Waals surface area (Å²) in [5.74, 6) is -0.299. The fourth-order valence-corrected chi connectivity index (χ4v) is 4.95. The fraction of sp³-hybridized carbons (Fsp3) is 0.882. The van der Waals surface area contributed by atoms with Gasteiger partial charge in [0.2, 0.25) is 0 Å². The summed E-state index contributed by atoms with van der Waals surface area (Å²) in [6, 6.07) is -0.299. The van der Waals surface area contributed by atoms with E-state index < -0.39 is 6.04 Å². The summed E-state index contributed by atoms with van der Waals surface area (Å²) in [6.45, 7) is 3.60. The normalized spacial score (nSPS) is 34.3. The van der Waals surface area contributed by atoms with E-state index in [9.17, 15) is 14.7 Å². The van der Waals surface area contributed by atoms with E-state index in [2.05, 4.69) is 28.6 Å². The van der Waals surface area contributed by atoms with Crippen LogP contribution >= 0.6 is 12.9 Å². The molecule has 2 bridgehead atoms. The molecule has 4 heterocycles. The molecule has 4 atom stereocenters. The van der Waals surface area contributed by atoms with Gasteiger partial charge in [0.25, 0.3) is 5.91 Å². The summed E-state index contributed by atoms with van der Waals surface area (Å²) in [4.78, 5) is 34.1. The number of thiol groups is 1. The van der Waals surface area contributed by atoms with E-state index in [1.165, 1.54) is 9.96 Å². The SMILES string of the molecule is O=C(NOC[C@H]1C[C@@H](N2CCC(O)CC2)CN1)C1CCC2CN1C(=O)N2OS. The Kier molecular flexibility index (Phi) is 6.28. The van der Waals surface area contributed by atoms with Crippen LogP contribution in [-0.2, 0) is 13.9 Å². The lowest BCUT2D eigenvalue weighted by atomic mass is 10.0. The standard InChI is InChI=1S/C17H29N5O5S/c23-14-3-5-20(6-4-14)13-7-11(18-8-13)10-26-19-16(24)15-2-1-12-9-21(15)17(25)22(12)27-28/h11-15,18,23,28H,1-10H2,(H,19,24)/t11-,12?,13-,15?/m1/s1. The summed E-state index contributed by atoms with van der Waals surface area (Å²) in [5.41, 5.74) is 2.52. The number of carbonyl (C=O) groups excluding carboxylic acids is 2. The second-order valence-corrected chi connectivity index (χ2v) is 8.29. The van der Waals surface area contributed by atoms with Crippen molar-refractivity contribution < 1.29 is 23.8 Å². The molecular formula is C17H29N5O5S. The van der Waals surface area contributed by atoms with Gasteiger partial charge in [-0.3, -0.25) is 14.5 Å². The second kappa shape index (κ2) is 8.72. The number of hydrogen-bond acceptors (Lipinski definition) is 8. The molecule has 3 amide bonds. The minimum Gasteiger partial charge on any atom is -0.393 e. The van der Waals surface area contributed by atoms with Crippen LogP contribution in [0.3, 0.4) is 0 Å². The van der Waals surface area contributed by atoms with Crippen molar-refractivity contribution in [2.45, 2.75) is 62.4 Å². The van der Waals surface area contributed by atoms with Gasteiger partial charge >= 0.3 is 6.03 Å². The highest BCUT2D eigenvalue weighted by molar-refractivity contribution is 7.75. The number of rotatable bonds is 6. The molecule has 0 aromatic rings. The molecule has 2 unspecified atom stereocenters. The number of nitrogens with zero attached hydrogens (tertiary/aromatic N) is 3. The zero-order chi connectivity index (χ0) is 19.7. The van der Waals surface area contributed by atoms with Gasteiger partial charge in [0.15, 0.2) is 0 Å². The predicted octanol–water partition coefficient (Wildman–Crippen LogP) is -0.734. The summed E-state index contributed by atoms with van der Waals surface area (Å²) >= 11 is 3.72. The van der Waals surface area contributed by atoms with E-state index >= 15 is 0 Å². The lowest BCUT2D eigenvalue weighted by Gasteiger charge is -2.34. The summed E-state index contributed by atoms with van der Waals surface area (Å²) in [5, 5.41) is 14.3. The minimum atomic E-state index is -0.540. The number of hydrogen-bond donors (Lipinski definition) is 4. The largest absolute Gasteiger partial charge is 0.393 e. The first kappa shape index (κ1) is 20.2. The maximum Gasteiger partial charge on any atom is 0.345 e. The molecule has 4 fully saturated rings. The quantitative estimate of drug-likeness (QED) is 0.257. The van der Waals surface area contributed by atoms with Gasteiger partial charge in [0.1, 0.15) is 6.04 Å². The van der Waals surface area contributed by atoms with Gasteiger partial charge in [-0.15, -0.1) is 0 Å². The number of piperidine rings is 2. The highest BCUT2D eigenvalue weighted by Gasteiger charge is 2.48. The molecule has 0 saturated carbocycles. The van der Waals surface area contributed by atoms with Crippen molar-refractivity contribution in [1.29, 1.82) is 0 Å². The van der Waals surface area contributed by atoms with Gasteiger partial charge in [-0.2, -0.15) is 5.06 Å². The highest BCUT2D eigenvalue weighted by Crippen LogP contribution is 2.30. The lowest BCUT2D eigenvalue weighted by molar-refractivity contribution is -0.139. The van der Waals surface area contributed by atoms with Gasteiger partial charge in [-0.1, -0.05) is 0 Å². The van der Waals surface area contributed by atoms with Crippen LogP contribution in [0.25, 0.3) is 0 Å². The molecule has 0 spiro atoms. The Bertz CT molecular complexity index is 590. The van der Waals surface area contributed by atoms with Gasteiger partial charge in [-0.25, -0.2) is 14.6 Å². The minimum absolute atomic E-state index is 0.0505. The molecule has 4 aliphatic rings. The van der Waals surface area contributed by atoms with Crippen molar-refractivity contribution in [3.63, 3.8) is 0 Å².